The van der Waals surface area contributed by atoms with Crippen molar-refractivity contribution in [2.75, 3.05) is 26.3 Å². The zero-order chi connectivity index (χ0) is 31.2. The normalized spacial score (nSPS) is 12.5. The Hall–Kier alpha value is -3.68. The topological polar surface area (TPSA) is 94.5 Å². The van der Waals surface area contributed by atoms with Crippen molar-refractivity contribution < 1.29 is 60.0 Å². The second kappa shape index (κ2) is 16.7. The van der Waals surface area contributed by atoms with Crippen molar-refractivity contribution in [3.8, 4) is 17.2 Å². The molecule has 1 amide bonds. The maximum Gasteiger partial charge on any atom is 0.573 e. The number of aliphatic carboxylic acids is 1. The van der Waals surface area contributed by atoms with E-state index in [0.717, 1.165) is 12.1 Å². The Morgan fingerprint density at radius 3 is 2.12 bits per heavy atom. The fourth-order valence-electron chi connectivity index (χ4n) is 3.81. The third-order valence-electron chi connectivity index (χ3n) is 5.79. The summed E-state index contributed by atoms with van der Waals surface area (Å²) in [5.74, 6) is -1.85. The van der Waals surface area contributed by atoms with Crippen LogP contribution < -0.4 is 14.2 Å². The molecule has 0 aliphatic heterocycles. The van der Waals surface area contributed by atoms with Crippen LogP contribution in [0.15, 0.2) is 48.5 Å². The highest BCUT2D eigenvalue weighted by atomic mass is 19.4. The van der Waals surface area contributed by atoms with Gasteiger partial charge in [0.25, 0.3) is 0 Å². The van der Waals surface area contributed by atoms with Crippen LogP contribution in [0.4, 0.5) is 31.1 Å². The summed E-state index contributed by atoms with van der Waals surface area (Å²) < 4.78 is 95.3. The molecule has 0 saturated heterocycles. The molecule has 234 valence electrons. The van der Waals surface area contributed by atoms with E-state index in [0.29, 0.717) is 24.2 Å². The van der Waals surface area contributed by atoms with Crippen molar-refractivity contribution in [2.45, 2.75) is 64.1 Å². The van der Waals surface area contributed by atoms with Crippen molar-refractivity contribution in [1.82, 2.24) is 4.90 Å². The molecule has 2 rings (SSSR count). The summed E-state index contributed by atoms with van der Waals surface area (Å²) in [6.07, 6.45) is -11.1. The first-order valence-electron chi connectivity index (χ1n) is 13.2. The molecule has 0 bridgehead atoms. The van der Waals surface area contributed by atoms with Crippen molar-refractivity contribution in [3.63, 3.8) is 0 Å². The Kier molecular flexibility index (Phi) is 13.7. The van der Waals surface area contributed by atoms with Crippen LogP contribution in [0.2, 0.25) is 0 Å². The molecular weight excluding hydrogens is 576 g/mol. The summed E-state index contributed by atoms with van der Waals surface area (Å²) in [6.45, 7) is 1.90. The minimum absolute atomic E-state index is 0.0418. The number of carbonyl (C=O) groups excluding carboxylic acids is 1. The van der Waals surface area contributed by atoms with E-state index in [1.165, 1.54) is 17.0 Å². The maximum absolute atomic E-state index is 12.9. The van der Waals surface area contributed by atoms with Gasteiger partial charge < -0.3 is 29.0 Å². The summed E-state index contributed by atoms with van der Waals surface area (Å²) >= 11 is 0. The lowest BCUT2D eigenvalue weighted by Crippen LogP contribution is -2.37. The molecule has 1 N–H and O–H groups in total. The number of hydrogen-bond acceptors (Lipinski definition) is 6. The number of hydrogen-bond donors (Lipinski definition) is 1. The number of unbranched alkanes of at least 4 members (excludes halogenated alkanes) is 3. The lowest BCUT2D eigenvalue weighted by molar-refractivity contribution is -0.275. The predicted octanol–water partition coefficient (Wildman–Crippen LogP) is 7.01. The number of halogens is 6. The Morgan fingerprint density at radius 2 is 1.52 bits per heavy atom. The van der Waals surface area contributed by atoms with Gasteiger partial charge in [-0.25, -0.2) is 9.59 Å². The molecule has 2 aromatic carbocycles. The molecule has 0 spiro atoms. The molecule has 42 heavy (non-hydrogen) atoms. The highest BCUT2D eigenvalue weighted by Crippen LogP contribution is 2.32. The van der Waals surface area contributed by atoms with Gasteiger partial charge in [0.15, 0.2) is 17.6 Å². The number of nitrogens with zero attached hydrogens (tertiary/aromatic N) is 1. The Bertz CT molecular complexity index is 1110. The zero-order valence-corrected chi connectivity index (χ0v) is 22.9. The molecular formula is C28H33F6NO7. The zero-order valence-electron chi connectivity index (χ0n) is 22.9. The van der Waals surface area contributed by atoms with Gasteiger partial charge >= 0.3 is 24.6 Å². The SMILES string of the molecule is CCOC(Cc1ccc(OCCN(CCCCCCC(F)(F)F)C(=O)Oc2ccccc2OC(F)(F)F)cc1)C(=O)O. The number of benzene rings is 2. The minimum atomic E-state index is -5.01. The summed E-state index contributed by atoms with van der Waals surface area (Å²) in [5, 5.41) is 9.23. The average Bonchev–Trinajstić information content (AvgIpc) is 2.89. The number of amides is 1. The van der Waals surface area contributed by atoms with Crippen LogP contribution in [0.5, 0.6) is 17.2 Å². The molecule has 1 atom stereocenters. The molecule has 2 aromatic rings. The van der Waals surface area contributed by atoms with Crippen LogP contribution in [0.25, 0.3) is 0 Å². The number of para-hydroxylation sites is 2. The molecule has 1 unspecified atom stereocenters. The van der Waals surface area contributed by atoms with E-state index in [1.807, 2.05) is 0 Å². The number of carboxylic acid groups (broad SMARTS) is 1. The number of ether oxygens (including phenoxy) is 4. The van der Waals surface area contributed by atoms with E-state index in [9.17, 15) is 41.0 Å². The fraction of sp³-hybridized carbons (Fsp3) is 0.500. The van der Waals surface area contributed by atoms with Gasteiger partial charge in [-0.15, -0.1) is 13.2 Å². The van der Waals surface area contributed by atoms with Crippen molar-refractivity contribution in [3.05, 3.63) is 54.1 Å². The van der Waals surface area contributed by atoms with Crippen LogP contribution >= 0.6 is 0 Å². The lowest BCUT2D eigenvalue weighted by atomic mass is 10.1. The predicted molar refractivity (Wildman–Crippen MR) is 139 cm³/mol. The minimum Gasteiger partial charge on any atom is -0.492 e. The number of carboxylic acids is 1. The molecule has 0 aliphatic carbocycles. The van der Waals surface area contributed by atoms with Crippen molar-refractivity contribution in [1.29, 1.82) is 0 Å². The molecule has 0 heterocycles. The van der Waals surface area contributed by atoms with Gasteiger partial charge in [-0.1, -0.05) is 37.1 Å². The van der Waals surface area contributed by atoms with Crippen LogP contribution in [0.1, 0.15) is 44.6 Å². The largest absolute Gasteiger partial charge is 0.573 e. The number of rotatable bonds is 17. The lowest BCUT2D eigenvalue weighted by Gasteiger charge is -2.23. The van der Waals surface area contributed by atoms with Gasteiger partial charge in [-0.2, -0.15) is 13.2 Å². The van der Waals surface area contributed by atoms with E-state index < -0.39 is 48.6 Å². The summed E-state index contributed by atoms with van der Waals surface area (Å²) in [5.41, 5.74) is 0.693. The van der Waals surface area contributed by atoms with Gasteiger partial charge in [0, 0.05) is 26.0 Å². The molecule has 8 nitrogen and oxygen atoms in total. The maximum atomic E-state index is 12.9. The number of alkyl halides is 6. The third-order valence-corrected chi connectivity index (χ3v) is 5.79. The number of carbonyl (C=O) groups is 2. The average molecular weight is 610 g/mol. The second-order valence-electron chi connectivity index (χ2n) is 9.11. The van der Waals surface area contributed by atoms with Gasteiger partial charge in [0.05, 0.1) is 6.54 Å². The first-order chi connectivity index (χ1) is 19.8. The van der Waals surface area contributed by atoms with E-state index in [-0.39, 0.29) is 45.6 Å². The van der Waals surface area contributed by atoms with E-state index in [1.54, 1.807) is 31.2 Å². The Labute approximate surface area is 239 Å². The summed E-state index contributed by atoms with van der Waals surface area (Å²) in [6, 6.07) is 11.3. The quantitative estimate of drug-likeness (QED) is 0.152. The smallest absolute Gasteiger partial charge is 0.492 e. The summed E-state index contributed by atoms with van der Waals surface area (Å²) in [7, 11) is 0. The standard InChI is InChI=1S/C28H33F6NO7/c1-2-39-24(25(36)37)19-20-11-13-21(14-12-20)40-18-17-35(16-8-4-3-7-15-27(29,30)31)26(38)41-22-9-5-6-10-23(22)42-28(32,33)34/h5-6,9-14,24H,2-4,7-8,15-19H2,1H3,(H,36,37). The second-order valence-corrected chi connectivity index (χ2v) is 9.11. The molecule has 0 radical (unpaired) electrons. The first-order valence-corrected chi connectivity index (χ1v) is 13.2. The van der Waals surface area contributed by atoms with Gasteiger partial charge in [0.2, 0.25) is 0 Å². The third kappa shape index (κ3) is 13.8. The van der Waals surface area contributed by atoms with E-state index in [2.05, 4.69) is 4.74 Å². The molecule has 0 saturated carbocycles. The highest BCUT2D eigenvalue weighted by molar-refractivity contribution is 5.73. The monoisotopic (exact) mass is 609 g/mol. The Morgan fingerprint density at radius 1 is 0.881 bits per heavy atom. The first kappa shape index (κ1) is 34.5. The van der Waals surface area contributed by atoms with Gasteiger partial charge in [-0.05, 0) is 49.6 Å². The van der Waals surface area contributed by atoms with Gasteiger partial charge in [0.1, 0.15) is 12.4 Å². The molecule has 0 aromatic heterocycles. The molecule has 14 heteroatoms. The fourth-order valence-corrected chi connectivity index (χ4v) is 3.81. The summed E-state index contributed by atoms with van der Waals surface area (Å²) in [4.78, 5) is 25.4. The van der Waals surface area contributed by atoms with Gasteiger partial charge in [-0.3, -0.25) is 0 Å². The molecule has 0 fully saturated rings. The Balaban J connectivity index is 2.00. The van der Waals surface area contributed by atoms with E-state index in [4.69, 9.17) is 14.2 Å². The van der Waals surface area contributed by atoms with Crippen LogP contribution in [0, 0.1) is 0 Å². The van der Waals surface area contributed by atoms with Crippen LogP contribution in [-0.2, 0) is 16.0 Å². The van der Waals surface area contributed by atoms with Crippen molar-refractivity contribution >= 4 is 12.1 Å². The van der Waals surface area contributed by atoms with E-state index >= 15 is 0 Å². The van der Waals surface area contributed by atoms with Crippen LogP contribution in [-0.4, -0.2) is 67.0 Å². The van der Waals surface area contributed by atoms with Crippen molar-refractivity contribution in [2.24, 2.45) is 0 Å². The highest BCUT2D eigenvalue weighted by Gasteiger charge is 2.33. The van der Waals surface area contributed by atoms with Crippen LogP contribution in [0.3, 0.4) is 0 Å². The molecule has 0 aliphatic rings.